The van der Waals surface area contributed by atoms with Crippen LogP contribution >= 0.6 is 0 Å². The van der Waals surface area contributed by atoms with E-state index in [0.717, 1.165) is 6.61 Å². The van der Waals surface area contributed by atoms with Gasteiger partial charge in [0, 0.05) is 13.7 Å². The number of benzene rings is 1. The summed E-state index contributed by atoms with van der Waals surface area (Å²) in [5.41, 5.74) is 1.44. The van der Waals surface area contributed by atoms with Gasteiger partial charge in [0.1, 0.15) is 0 Å². The fourth-order valence-corrected chi connectivity index (χ4v) is 1.40. The second-order valence-electron chi connectivity index (χ2n) is 3.29. The first-order valence-electron chi connectivity index (χ1n) is 4.96. The van der Waals surface area contributed by atoms with Crippen LogP contribution in [0.2, 0.25) is 0 Å². The van der Waals surface area contributed by atoms with E-state index < -0.39 is 0 Å². The molecule has 0 unspecified atom stereocenters. The maximum absolute atomic E-state index is 4.99. The van der Waals surface area contributed by atoms with E-state index in [1.165, 1.54) is 31.2 Å². The fraction of sp³-hybridized carbons (Fsp3) is 0.500. The zero-order chi connectivity index (χ0) is 9.36. The molecule has 0 heterocycles. The summed E-state index contributed by atoms with van der Waals surface area (Å²) < 4.78 is 4.99. The van der Waals surface area contributed by atoms with Gasteiger partial charge in [0.05, 0.1) is 0 Å². The summed E-state index contributed by atoms with van der Waals surface area (Å²) in [6.45, 7) is 0.898. The monoisotopic (exact) mass is 178 g/mol. The zero-order valence-corrected chi connectivity index (χ0v) is 8.33. The second kappa shape index (κ2) is 6.67. The maximum Gasteiger partial charge on any atom is 0.0462 e. The number of hydrogen-bond donors (Lipinski definition) is 0. The first-order valence-corrected chi connectivity index (χ1v) is 4.96. The summed E-state index contributed by atoms with van der Waals surface area (Å²) >= 11 is 0. The molecule has 1 aromatic rings. The molecule has 13 heavy (non-hydrogen) atoms. The molecule has 0 saturated heterocycles. The molecule has 0 N–H and O–H groups in total. The van der Waals surface area contributed by atoms with Crippen molar-refractivity contribution in [1.82, 2.24) is 0 Å². The largest absolute Gasteiger partial charge is 0.385 e. The first kappa shape index (κ1) is 10.3. The molecule has 1 heteroatoms. The molecule has 0 aromatic heterocycles. The molecule has 1 nitrogen and oxygen atoms in total. The summed E-state index contributed by atoms with van der Waals surface area (Å²) in [4.78, 5) is 0. The Kier molecular flexibility index (Phi) is 5.27. The molecule has 0 radical (unpaired) electrons. The molecule has 0 amide bonds. The highest BCUT2D eigenvalue weighted by atomic mass is 16.5. The Labute approximate surface area is 80.7 Å². The van der Waals surface area contributed by atoms with Gasteiger partial charge in [-0.3, -0.25) is 0 Å². The predicted octanol–water partition coefficient (Wildman–Crippen LogP) is 3.05. The van der Waals surface area contributed by atoms with Gasteiger partial charge in [-0.1, -0.05) is 36.8 Å². The van der Waals surface area contributed by atoms with Crippen LogP contribution < -0.4 is 0 Å². The van der Waals surface area contributed by atoms with E-state index >= 15 is 0 Å². The second-order valence-corrected chi connectivity index (χ2v) is 3.29. The van der Waals surface area contributed by atoms with Crippen LogP contribution in [-0.2, 0) is 11.2 Å². The summed E-state index contributed by atoms with van der Waals surface area (Å²) in [6, 6.07) is 10.6. The molecular weight excluding hydrogens is 160 g/mol. The normalized spacial score (nSPS) is 10.2. The van der Waals surface area contributed by atoms with Crippen molar-refractivity contribution < 1.29 is 4.74 Å². The van der Waals surface area contributed by atoms with Gasteiger partial charge in [0.25, 0.3) is 0 Å². The molecule has 1 aromatic carbocycles. The van der Waals surface area contributed by atoms with Crippen LogP contribution in [0.3, 0.4) is 0 Å². The van der Waals surface area contributed by atoms with Gasteiger partial charge in [0.15, 0.2) is 0 Å². The average molecular weight is 178 g/mol. The quantitative estimate of drug-likeness (QED) is 0.608. The lowest BCUT2D eigenvalue weighted by atomic mass is 10.1. The van der Waals surface area contributed by atoms with E-state index in [4.69, 9.17) is 4.74 Å². The molecular formula is C12H18O. The van der Waals surface area contributed by atoms with Crippen LogP contribution in [-0.4, -0.2) is 13.7 Å². The van der Waals surface area contributed by atoms with Crippen molar-refractivity contribution in [2.45, 2.75) is 25.7 Å². The number of rotatable bonds is 6. The zero-order valence-electron chi connectivity index (χ0n) is 8.33. The Bertz CT molecular complexity index is 206. The highest BCUT2D eigenvalue weighted by molar-refractivity contribution is 5.14. The lowest BCUT2D eigenvalue weighted by Gasteiger charge is -2.00. The number of unbranched alkanes of at least 4 members (excludes halogenated alkanes) is 2. The van der Waals surface area contributed by atoms with Crippen molar-refractivity contribution in [3.8, 4) is 0 Å². The van der Waals surface area contributed by atoms with Crippen molar-refractivity contribution in [3.05, 3.63) is 35.9 Å². The Morgan fingerprint density at radius 1 is 1.00 bits per heavy atom. The van der Waals surface area contributed by atoms with Crippen molar-refractivity contribution in [3.63, 3.8) is 0 Å². The van der Waals surface area contributed by atoms with Gasteiger partial charge in [0.2, 0.25) is 0 Å². The van der Waals surface area contributed by atoms with Crippen LogP contribution in [0.5, 0.6) is 0 Å². The van der Waals surface area contributed by atoms with Gasteiger partial charge in [-0.2, -0.15) is 0 Å². The maximum atomic E-state index is 4.99. The molecule has 0 bridgehead atoms. The van der Waals surface area contributed by atoms with Gasteiger partial charge < -0.3 is 4.74 Å². The van der Waals surface area contributed by atoms with Crippen LogP contribution in [0.15, 0.2) is 30.3 Å². The summed E-state index contributed by atoms with van der Waals surface area (Å²) in [5, 5.41) is 0. The van der Waals surface area contributed by atoms with Crippen LogP contribution in [0.1, 0.15) is 24.8 Å². The lowest BCUT2D eigenvalue weighted by Crippen LogP contribution is -1.90. The first-order chi connectivity index (χ1) is 6.43. The smallest absolute Gasteiger partial charge is 0.0462 e. The third-order valence-electron chi connectivity index (χ3n) is 2.16. The topological polar surface area (TPSA) is 9.23 Å². The molecule has 0 aliphatic rings. The summed E-state index contributed by atoms with van der Waals surface area (Å²) in [7, 11) is 1.76. The molecule has 0 atom stereocenters. The van der Waals surface area contributed by atoms with Crippen LogP contribution in [0.4, 0.5) is 0 Å². The number of methoxy groups -OCH3 is 1. The molecule has 0 aliphatic heterocycles. The molecule has 72 valence electrons. The minimum atomic E-state index is 0.898. The molecule has 1 rings (SSSR count). The van der Waals surface area contributed by atoms with Gasteiger partial charge in [-0.05, 0) is 24.8 Å². The van der Waals surface area contributed by atoms with E-state index in [1.54, 1.807) is 7.11 Å². The Balaban J connectivity index is 2.07. The number of hydrogen-bond acceptors (Lipinski definition) is 1. The molecule has 0 saturated carbocycles. The average Bonchev–Trinajstić information content (AvgIpc) is 2.19. The number of aryl methyl sites for hydroxylation is 1. The van der Waals surface area contributed by atoms with Gasteiger partial charge >= 0.3 is 0 Å². The Morgan fingerprint density at radius 2 is 1.77 bits per heavy atom. The lowest BCUT2D eigenvalue weighted by molar-refractivity contribution is 0.192. The minimum absolute atomic E-state index is 0.898. The standard InChI is InChI=1S/C12H18O/c1-13-11-7-3-6-10-12-8-4-2-5-9-12/h2,4-5,8-9H,3,6-7,10-11H2,1H3. The number of ether oxygens (including phenoxy) is 1. The highest BCUT2D eigenvalue weighted by Crippen LogP contribution is 2.05. The van der Waals surface area contributed by atoms with E-state index in [0.29, 0.717) is 0 Å². The van der Waals surface area contributed by atoms with E-state index in [2.05, 4.69) is 30.3 Å². The van der Waals surface area contributed by atoms with Crippen molar-refractivity contribution in [2.75, 3.05) is 13.7 Å². The van der Waals surface area contributed by atoms with E-state index in [-0.39, 0.29) is 0 Å². The minimum Gasteiger partial charge on any atom is -0.385 e. The third-order valence-corrected chi connectivity index (χ3v) is 2.16. The van der Waals surface area contributed by atoms with Gasteiger partial charge in [-0.25, -0.2) is 0 Å². The highest BCUT2D eigenvalue weighted by Gasteiger charge is 1.91. The van der Waals surface area contributed by atoms with Crippen molar-refractivity contribution in [2.24, 2.45) is 0 Å². The van der Waals surface area contributed by atoms with Crippen LogP contribution in [0.25, 0.3) is 0 Å². The summed E-state index contributed by atoms with van der Waals surface area (Å²) in [6.07, 6.45) is 4.92. The van der Waals surface area contributed by atoms with E-state index in [1.807, 2.05) is 0 Å². The molecule has 0 spiro atoms. The Morgan fingerprint density at radius 3 is 2.46 bits per heavy atom. The van der Waals surface area contributed by atoms with Crippen molar-refractivity contribution in [1.29, 1.82) is 0 Å². The summed E-state index contributed by atoms with van der Waals surface area (Å²) in [5.74, 6) is 0. The fourth-order valence-electron chi connectivity index (χ4n) is 1.40. The third kappa shape index (κ3) is 4.69. The van der Waals surface area contributed by atoms with Crippen LogP contribution in [0, 0.1) is 0 Å². The molecule has 0 fully saturated rings. The predicted molar refractivity (Wildman–Crippen MR) is 55.9 cm³/mol. The Hall–Kier alpha value is -0.820. The SMILES string of the molecule is COCCCCCc1ccccc1. The van der Waals surface area contributed by atoms with Gasteiger partial charge in [-0.15, -0.1) is 0 Å². The van der Waals surface area contributed by atoms with Crippen molar-refractivity contribution >= 4 is 0 Å². The van der Waals surface area contributed by atoms with E-state index in [9.17, 15) is 0 Å². The molecule has 0 aliphatic carbocycles.